The van der Waals surface area contributed by atoms with Crippen molar-refractivity contribution in [1.29, 1.82) is 0 Å². The fourth-order valence-corrected chi connectivity index (χ4v) is 3.01. The summed E-state index contributed by atoms with van der Waals surface area (Å²) in [5, 5.41) is 2.40. The Labute approximate surface area is 139 Å². The van der Waals surface area contributed by atoms with Gasteiger partial charge in [-0.25, -0.2) is 17.2 Å². The summed E-state index contributed by atoms with van der Waals surface area (Å²) in [4.78, 5) is 11.9. The summed E-state index contributed by atoms with van der Waals surface area (Å²) in [5.74, 6) is -2.60. The lowest BCUT2D eigenvalue weighted by atomic mass is 10.2. The van der Waals surface area contributed by atoms with Gasteiger partial charge in [0, 0.05) is 24.7 Å². The number of sulfonamides is 1. The van der Waals surface area contributed by atoms with Gasteiger partial charge in [0.2, 0.25) is 15.9 Å². The van der Waals surface area contributed by atoms with Gasteiger partial charge in [0.25, 0.3) is 0 Å². The van der Waals surface area contributed by atoms with Crippen molar-refractivity contribution in [2.45, 2.75) is 6.42 Å². The lowest BCUT2D eigenvalue weighted by Crippen LogP contribution is -2.33. The minimum atomic E-state index is -3.56. The molecule has 0 spiro atoms. The maximum absolute atomic E-state index is 13.1. The Kier molecular flexibility index (Phi) is 5.50. The van der Waals surface area contributed by atoms with Crippen LogP contribution < -0.4 is 9.62 Å². The highest BCUT2D eigenvalue weighted by Crippen LogP contribution is 2.18. The van der Waals surface area contributed by atoms with Crippen LogP contribution in [0.1, 0.15) is 6.42 Å². The molecule has 0 aliphatic heterocycles. The number of nitrogens with one attached hydrogen (secondary N) is 1. The summed E-state index contributed by atoms with van der Waals surface area (Å²) < 4.78 is 50.8. The van der Waals surface area contributed by atoms with Crippen molar-refractivity contribution in [3.05, 3.63) is 60.2 Å². The molecule has 0 atom stereocenters. The van der Waals surface area contributed by atoms with E-state index >= 15 is 0 Å². The molecule has 0 saturated carbocycles. The highest BCUT2D eigenvalue weighted by atomic mass is 32.2. The van der Waals surface area contributed by atoms with Gasteiger partial charge in [-0.15, -0.1) is 0 Å². The highest BCUT2D eigenvalue weighted by Gasteiger charge is 2.18. The average molecular weight is 354 g/mol. The molecule has 5 nitrogen and oxygen atoms in total. The maximum Gasteiger partial charge on any atom is 0.232 e. The third-order valence-electron chi connectivity index (χ3n) is 3.19. The molecular formula is C16H16F2N2O3S. The fraction of sp³-hybridized carbons (Fsp3) is 0.188. The fourth-order valence-electron chi connectivity index (χ4n) is 2.08. The van der Waals surface area contributed by atoms with E-state index in [4.69, 9.17) is 0 Å². The number of benzene rings is 2. The summed E-state index contributed by atoms with van der Waals surface area (Å²) in [6, 6.07) is 11.4. The Morgan fingerprint density at radius 3 is 2.33 bits per heavy atom. The van der Waals surface area contributed by atoms with Crippen LogP contribution in [0.2, 0.25) is 0 Å². The molecule has 0 fully saturated rings. The number of nitrogens with zero attached hydrogens (tertiary/aromatic N) is 1. The van der Waals surface area contributed by atoms with Gasteiger partial charge < -0.3 is 5.32 Å². The largest absolute Gasteiger partial charge is 0.326 e. The van der Waals surface area contributed by atoms with Gasteiger partial charge in [0.1, 0.15) is 0 Å². The second-order valence-electron chi connectivity index (χ2n) is 5.10. The SMILES string of the molecule is CS(=O)(=O)N(CCC(=O)Nc1ccc(F)c(F)c1)c1ccccc1. The van der Waals surface area contributed by atoms with Crippen molar-refractivity contribution in [1.82, 2.24) is 0 Å². The molecular weight excluding hydrogens is 338 g/mol. The maximum atomic E-state index is 13.1. The minimum absolute atomic E-state index is 0.0711. The Morgan fingerprint density at radius 2 is 1.75 bits per heavy atom. The zero-order valence-corrected chi connectivity index (χ0v) is 13.7. The van der Waals surface area contributed by atoms with Crippen LogP contribution in [0, 0.1) is 11.6 Å². The molecule has 0 aromatic heterocycles. The molecule has 24 heavy (non-hydrogen) atoms. The van der Waals surface area contributed by atoms with Crippen molar-refractivity contribution >= 4 is 27.3 Å². The van der Waals surface area contributed by atoms with Gasteiger partial charge in [-0.1, -0.05) is 18.2 Å². The van der Waals surface area contributed by atoms with Crippen LogP contribution in [0.4, 0.5) is 20.2 Å². The first kappa shape index (κ1) is 17.9. The normalized spacial score (nSPS) is 11.1. The quantitative estimate of drug-likeness (QED) is 0.867. The third kappa shape index (κ3) is 4.76. The van der Waals surface area contributed by atoms with Crippen LogP contribution >= 0.6 is 0 Å². The van der Waals surface area contributed by atoms with E-state index < -0.39 is 27.6 Å². The number of hydrogen-bond donors (Lipinski definition) is 1. The van der Waals surface area contributed by atoms with E-state index in [1.807, 2.05) is 0 Å². The molecule has 8 heteroatoms. The van der Waals surface area contributed by atoms with Crippen LogP contribution in [-0.2, 0) is 14.8 Å². The number of halogens is 2. The molecule has 0 radical (unpaired) electrons. The Morgan fingerprint density at radius 1 is 1.08 bits per heavy atom. The summed E-state index contributed by atoms with van der Waals surface area (Å²) >= 11 is 0. The summed E-state index contributed by atoms with van der Waals surface area (Å²) in [5.41, 5.74) is 0.546. The van der Waals surface area contributed by atoms with Crippen LogP contribution in [0.5, 0.6) is 0 Å². The number of anilines is 2. The standard InChI is InChI=1S/C16H16F2N2O3S/c1-24(22,23)20(13-5-3-2-4-6-13)10-9-16(21)19-12-7-8-14(17)15(18)11-12/h2-8,11H,9-10H2,1H3,(H,19,21). The van der Waals surface area contributed by atoms with Crippen LogP contribution in [0.25, 0.3) is 0 Å². The topological polar surface area (TPSA) is 66.5 Å². The smallest absolute Gasteiger partial charge is 0.232 e. The van der Waals surface area contributed by atoms with Crippen molar-refractivity contribution in [2.75, 3.05) is 22.4 Å². The van der Waals surface area contributed by atoms with E-state index in [-0.39, 0.29) is 18.7 Å². The second-order valence-corrected chi connectivity index (χ2v) is 7.00. The number of amides is 1. The Bertz CT molecular complexity index is 826. The van der Waals surface area contributed by atoms with Crippen molar-refractivity contribution in [3.63, 3.8) is 0 Å². The van der Waals surface area contributed by atoms with Crippen molar-refractivity contribution in [3.8, 4) is 0 Å². The molecule has 0 saturated heterocycles. The molecule has 2 aromatic rings. The molecule has 128 valence electrons. The van der Waals surface area contributed by atoms with Gasteiger partial charge in [-0.3, -0.25) is 9.10 Å². The van der Waals surface area contributed by atoms with Crippen LogP contribution in [-0.4, -0.2) is 27.1 Å². The number of carbonyl (C=O) groups excluding carboxylic acids is 1. The van der Waals surface area contributed by atoms with E-state index in [0.29, 0.717) is 5.69 Å². The molecule has 0 aliphatic rings. The molecule has 1 amide bonds. The zero-order valence-electron chi connectivity index (χ0n) is 12.9. The molecule has 0 bridgehead atoms. The van der Waals surface area contributed by atoms with E-state index in [1.165, 1.54) is 6.07 Å². The lowest BCUT2D eigenvalue weighted by molar-refractivity contribution is -0.116. The van der Waals surface area contributed by atoms with Gasteiger partial charge in [0.15, 0.2) is 11.6 Å². The van der Waals surface area contributed by atoms with Gasteiger partial charge in [-0.05, 0) is 24.3 Å². The third-order valence-corrected chi connectivity index (χ3v) is 4.38. The zero-order chi connectivity index (χ0) is 17.7. The number of para-hydroxylation sites is 1. The summed E-state index contributed by atoms with van der Waals surface area (Å²) in [6.45, 7) is -0.0711. The molecule has 1 N–H and O–H groups in total. The molecule has 0 heterocycles. The summed E-state index contributed by atoms with van der Waals surface area (Å²) in [6.07, 6.45) is 0.911. The Balaban J connectivity index is 2.04. The average Bonchev–Trinajstić information content (AvgIpc) is 2.51. The van der Waals surface area contributed by atoms with E-state index in [1.54, 1.807) is 30.3 Å². The first-order valence-electron chi connectivity index (χ1n) is 7.05. The first-order valence-corrected chi connectivity index (χ1v) is 8.90. The first-order chi connectivity index (χ1) is 11.3. The molecule has 2 aromatic carbocycles. The van der Waals surface area contributed by atoms with Crippen LogP contribution in [0.15, 0.2) is 48.5 Å². The van der Waals surface area contributed by atoms with E-state index in [0.717, 1.165) is 22.7 Å². The van der Waals surface area contributed by atoms with Crippen molar-refractivity contribution in [2.24, 2.45) is 0 Å². The van der Waals surface area contributed by atoms with Gasteiger partial charge in [0.05, 0.1) is 11.9 Å². The number of hydrogen-bond acceptors (Lipinski definition) is 3. The molecule has 2 rings (SSSR count). The Hall–Kier alpha value is -2.48. The van der Waals surface area contributed by atoms with E-state index in [9.17, 15) is 22.0 Å². The number of rotatable bonds is 6. The van der Waals surface area contributed by atoms with E-state index in [2.05, 4.69) is 5.32 Å². The molecule has 0 aliphatic carbocycles. The highest BCUT2D eigenvalue weighted by molar-refractivity contribution is 7.92. The minimum Gasteiger partial charge on any atom is -0.326 e. The predicted octanol–water partition coefficient (Wildman–Crippen LogP) is 2.76. The van der Waals surface area contributed by atoms with Gasteiger partial charge in [-0.2, -0.15) is 0 Å². The predicted molar refractivity (Wildman–Crippen MR) is 88.2 cm³/mol. The van der Waals surface area contributed by atoms with Crippen molar-refractivity contribution < 1.29 is 22.0 Å². The van der Waals surface area contributed by atoms with Gasteiger partial charge >= 0.3 is 0 Å². The number of carbonyl (C=O) groups is 1. The second kappa shape index (κ2) is 7.39. The molecule has 0 unspecified atom stereocenters. The lowest BCUT2D eigenvalue weighted by Gasteiger charge is -2.22. The van der Waals surface area contributed by atoms with Crippen LogP contribution in [0.3, 0.4) is 0 Å². The monoisotopic (exact) mass is 354 g/mol. The summed E-state index contributed by atoms with van der Waals surface area (Å²) in [7, 11) is -3.56.